The van der Waals surface area contributed by atoms with Crippen molar-refractivity contribution >= 4 is 5.69 Å². The first kappa shape index (κ1) is 11.9. The zero-order valence-corrected chi connectivity index (χ0v) is 11.7. The largest absolute Gasteiger partial charge is 0.365 e. The normalized spacial score (nSPS) is 24.4. The standard InChI is InChI=1S/C17H19N3/c1-12-3-2-4-13(7-12)16-6-5-15(9-19-16)20-11-14-8-18-10-17(14)20/h2-7,9,14,17-18H,8,10-11H2,1H3/t14-,17-/m1/s1. The van der Waals surface area contributed by atoms with Crippen molar-refractivity contribution in [2.75, 3.05) is 24.5 Å². The number of nitrogens with one attached hydrogen (secondary N) is 1. The van der Waals surface area contributed by atoms with E-state index in [2.05, 4.69) is 58.5 Å². The van der Waals surface area contributed by atoms with Gasteiger partial charge < -0.3 is 10.2 Å². The number of hydrogen-bond acceptors (Lipinski definition) is 3. The van der Waals surface area contributed by atoms with Crippen molar-refractivity contribution < 1.29 is 0 Å². The Labute approximate surface area is 119 Å². The molecule has 0 amide bonds. The van der Waals surface area contributed by atoms with Crippen molar-refractivity contribution in [3.8, 4) is 11.3 Å². The van der Waals surface area contributed by atoms with Crippen molar-refractivity contribution in [1.29, 1.82) is 0 Å². The molecule has 3 nitrogen and oxygen atoms in total. The molecule has 2 aliphatic rings. The smallest absolute Gasteiger partial charge is 0.0703 e. The van der Waals surface area contributed by atoms with E-state index in [1.54, 1.807) is 0 Å². The fourth-order valence-corrected chi connectivity index (χ4v) is 3.35. The Balaban J connectivity index is 1.57. The van der Waals surface area contributed by atoms with E-state index in [0.717, 1.165) is 18.2 Å². The fraction of sp³-hybridized carbons (Fsp3) is 0.353. The van der Waals surface area contributed by atoms with Crippen molar-refractivity contribution in [1.82, 2.24) is 10.3 Å². The Kier molecular flexibility index (Phi) is 2.74. The molecule has 102 valence electrons. The second-order valence-corrected chi connectivity index (χ2v) is 5.91. The first-order valence-electron chi connectivity index (χ1n) is 7.32. The van der Waals surface area contributed by atoms with Gasteiger partial charge in [-0.3, -0.25) is 4.98 Å². The average Bonchev–Trinajstić information content (AvgIpc) is 2.81. The zero-order valence-electron chi connectivity index (χ0n) is 11.7. The molecule has 0 radical (unpaired) electrons. The summed E-state index contributed by atoms with van der Waals surface area (Å²) in [5.74, 6) is 0.839. The number of pyridine rings is 1. The molecule has 2 fully saturated rings. The maximum Gasteiger partial charge on any atom is 0.0703 e. The summed E-state index contributed by atoms with van der Waals surface area (Å²) in [5.41, 5.74) is 4.78. The third-order valence-electron chi connectivity index (χ3n) is 4.53. The lowest BCUT2D eigenvalue weighted by Crippen LogP contribution is -2.55. The molecular weight excluding hydrogens is 246 g/mol. The van der Waals surface area contributed by atoms with Crippen molar-refractivity contribution in [2.24, 2.45) is 5.92 Å². The van der Waals surface area contributed by atoms with Crippen LogP contribution in [0.4, 0.5) is 5.69 Å². The maximum atomic E-state index is 4.65. The molecular formula is C17H19N3. The summed E-state index contributed by atoms with van der Waals surface area (Å²) < 4.78 is 0. The van der Waals surface area contributed by atoms with E-state index in [4.69, 9.17) is 0 Å². The summed E-state index contributed by atoms with van der Waals surface area (Å²) in [6, 6.07) is 13.5. The van der Waals surface area contributed by atoms with E-state index >= 15 is 0 Å². The molecule has 3 heterocycles. The summed E-state index contributed by atoms with van der Waals surface area (Å²) in [4.78, 5) is 7.12. The van der Waals surface area contributed by atoms with Gasteiger partial charge in [-0.2, -0.15) is 0 Å². The van der Waals surface area contributed by atoms with E-state index in [1.165, 1.54) is 29.9 Å². The van der Waals surface area contributed by atoms with Crippen LogP contribution in [-0.4, -0.2) is 30.7 Å². The molecule has 1 aromatic heterocycles. The van der Waals surface area contributed by atoms with E-state index in [9.17, 15) is 0 Å². The lowest BCUT2D eigenvalue weighted by molar-refractivity contribution is 0.365. The molecule has 0 saturated carbocycles. The van der Waals surface area contributed by atoms with Crippen LogP contribution in [0.2, 0.25) is 0 Å². The minimum Gasteiger partial charge on any atom is -0.365 e. The molecule has 0 spiro atoms. The Morgan fingerprint density at radius 1 is 1.20 bits per heavy atom. The number of aryl methyl sites for hydroxylation is 1. The van der Waals surface area contributed by atoms with Gasteiger partial charge in [-0.05, 0) is 25.1 Å². The molecule has 2 aliphatic heterocycles. The van der Waals surface area contributed by atoms with Crippen molar-refractivity contribution in [3.05, 3.63) is 48.2 Å². The molecule has 1 N–H and O–H groups in total. The third-order valence-corrected chi connectivity index (χ3v) is 4.53. The van der Waals surface area contributed by atoms with Crippen molar-refractivity contribution in [2.45, 2.75) is 13.0 Å². The van der Waals surface area contributed by atoms with Gasteiger partial charge >= 0.3 is 0 Å². The molecule has 2 saturated heterocycles. The summed E-state index contributed by atoms with van der Waals surface area (Å²) in [5, 5.41) is 3.47. The van der Waals surface area contributed by atoms with Crippen LogP contribution in [0.3, 0.4) is 0 Å². The van der Waals surface area contributed by atoms with E-state index in [-0.39, 0.29) is 0 Å². The lowest BCUT2D eigenvalue weighted by atomic mass is 9.91. The van der Waals surface area contributed by atoms with E-state index in [1.807, 2.05) is 6.20 Å². The zero-order chi connectivity index (χ0) is 13.5. The molecule has 2 atom stereocenters. The van der Waals surface area contributed by atoms with Crippen molar-refractivity contribution in [3.63, 3.8) is 0 Å². The molecule has 0 aliphatic carbocycles. The van der Waals surface area contributed by atoms with Gasteiger partial charge in [0.1, 0.15) is 0 Å². The minimum absolute atomic E-state index is 0.682. The topological polar surface area (TPSA) is 28.2 Å². The summed E-state index contributed by atoms with van der Waals surface area (Å²) in [7, 11) is 0. The van der Waals surface area contributed by atoms with E-state index in [0.29, 0.717) is 6.04 Å². The number of aromatic nitrogens is 1. The summed E-state index contributed by atoms with van der Waals surface area (Å²) in [6.07, 6.45) is 2.02. The van der Waals surface area contributed by atoms with Gasteiger partial charge in [-0.1, -0.05) is 23.8 Å². The van der Waals surface area contributed by atoms with Crippen LogP contribution in [0.5, 0.6) is 0 Å². The second-order valence-electron chi connectivity index (χ2n) is 5.91. The molecule has 2 aromatic rings. The highest BCUT2D eigenvalue weighted by Crippen LogP contribution is 2.33. The van der Waals surface area contributed by atoms with Crippen LogP contribution < -0.4 is 10.2 Å². The number of anilines is 1. The van der Waals surface area contributed by atoms with Gasteiger partial charge in [0, 0.05) is 37.2 Å². The highest BCUT2D eigenvalue weighted by atomic mass is 15.3. The average molecular weight is 265 g/mol. The van der Waals surface area contributed by atoms with Crippen LogP contribution >= 0.6 is 0 Å². The monoisotopic (exact) mass is 265 g/mol. The van der Waals surface area contributed by atoms with Gasteiger partial charge in [0.2, 0.25) is 0 Å². The SMILES string of the molecule is Cc1cccc(-c2ccc(N3C[C@H]4CNC[C@H]43)cn2)c1. The number of nitrogens with zero attached hydrogens (tertiary/aromatic N) is 2. The molecule has 1 aromatic carbocycles. The van der Waals surface area contributed by atoms with Crippen LogP contribution in [0, 0.1) is 12.8 Å². The Morgan fingerprint density at radius 3 is 2.90 bits per heavy atom. The lowest BCUT2D eigenvalue weighted by Gasteiger charge is -2.45. The van der Waals surface area contributed by atoms with Gasteiger partial charge in [-0.15, -0.1) is 0 Å². The van der Waals surface area contributed by atoms with E-state index < -0.39 is 0 Å². The van der Waals surface area contributed by atoms with Gasteiger partial charge in [-0.25, -0.2) is 0 Å². The number of benzene rings is 1. The quantitative estimate of drug-likeness (QED) is 0.904. The predicted molar refractivity (Wildman–Crippen MR) is 81.9 cm³/mol. The Bertz CT molecular complexity index is 620. The third kappa shape index (κ3) is 1.90. The van der Waals surface area contributed by atoms with Crippen LogP contribution in [0.25, 0.3) is 11.3 Å². The molecule has 3 heteroatoms. The molecule has 4 rings (SSSR count). The second kappa shape index (κ2) is 4.60. The highest BCUT2D eigenvalue weighted by molar-refractivity contribution is 5.62. The maximum absolute atomic E-state index is 4.65. The number of fused-ring (bicyclic) bond motifs is 1. The molecule has 20 heavy (non-hydrogen) atoms. The number of hydrogen-bond donors (Lipinski definition) is 1. The molecule has 0 unspecified atom stereocenters. The Morgan fingerprint density at radius 2 is 2.15 bits per heavy atom. The summed E-state index contributed by atoms with van der Waals surface area (Å²) >= 11 is 0. The fourth-order valence-electron chi connectivity index (χ4n) is 3.35. The van der Waals surface area contributed by atoms with Crippen LogP contribution in [0.1, 0.15) is 5.56 Å². The van der Waals surface area contributed by atoms with Gasteiger partial charge in [0.15, 0.2) is 0 Å². The minimum atomic E-state index is 0.682. The first-order chi connectivity index (χ1) is 9.81. The number of rotatable bonds is 2. The van der Waals surface area contributed by atoms with Crippen LogP contribution in [0.15, 0.2) is 42.6 Å². The Hall–Kier alpha value is -1.87. The highest BCUT2D eigenvalue weighted by Gasteiger charge is 2.42. The molecule has 0 bridgehead atoms. The predicted octanol–water partition coefficient (Wildman–Crippen LogP) is 2.47. The van der Waals surface area contributed by atoms with Crippen LogP contribution in [-0.2, 0) is 0 Å². The van der Waals surface area contributed by atoms with Gasteiger partial charge in [0.25, 0.3) is 0 Å². The summed E-state index contributed by atoms with van der Waals surface area (Å²) in [6.45, 7) is 5.58. The van der Waals surface area contributed by atoms with Gasteiger partial charge in [0.05, 0.1) is 17.6 Å². The first-order valence-corrected chi connectivity index (χ1v) is 7.32.